The van der Waals surface area contributed by atoms with Crippen molar-refractivity contribution in [1.82, 2.24) is 12.3 Å². The summed E-state index contributed by atoms with van der Waals surface area (Å²) in [4.78, 5) is 0. The second-order valence-electron chi connectivity index (χ2n) is 5.70. The smallest absolute Gasteiger partial charge is 0.402 e. The normalized spacial score (nSPS) is 10.3. The Kier molecular flexibility index (Phi) is 8.12. The SMILES string of the molecule is C=C(c1ccccc1)C(OB(O)O)(c1ccccc1)c1ccccc1.N.N. The summed E-state index contributed by atoms with van der Waals surface area (Å²) in [6, 6.07) is 28.5. The van der Waals surface area contributed by atoms with Gasteiger partial charge in [0.05, 0.1) is 0 Å². The lowest BCUT2D eigenvalue weighted by Gasteiger charge is -2.37. The molecule has 5 nitrogen and oxygen atoms in total. The van der Waals surface area contributed by atoms with E-state index >= 15 is 0 Å². The van der Waals surface area contributed by atoms with Crippen molar-refractivity contribution >= 4 is 12.9 Å². The van der Waals surface area contributed by atoms with Crippen molar-refractivity contribution in [3.63, 3.8) is 0 Å². The summed E-state index contributed by atoms with van der Waals surface area (Å²) in [6.45, 7) is 4.26. The molecule has 8 N–H and O–H groups in total. The Labute approximate surface area is 160 Å². The summed E-state index contributed by atoms with van der Waals surface area (Å²) in [6.07, 6.45) is 0. The van der Waals surface area contributed by atoms with Crippen LogP contribution in [0.3, 0.4) is 0 Å². The Morgan fingerprint density at radius 2 is 1.07 bits per heavy atom. The van der Waals surface area contributed by atoms with Crippen LogP contribution in [0, 0.1) is 0 Å². The maximum absolute atomic E-state index is 9.70. The standard InChI is InChI=1S/C21H19BO3.2H3N/c1-17(18-11-5-2-6-12-18)21(25-22(23)24,19-13-7-3-8-14-19)20-15-9-4-10-16-20;;/h2-16,23-24H,1H2;2*1H3. The molecule has 3 rings (SSSR count). The van der Waals surface area contributed by atoms with Gasteiger partial charge in [0.1, 0.15) is 5.60 Å². The molecule has 0 bridgehead atoms. The summed E-state index contributed by atoms with van der Waals surface area (Å²) >= 11 is 0. The molecule has 0 aliphatic heterocycles. The van der Waals surface area contributed by atoms with E-state index in [1.807, 2.05) is 91.0 Å². The van der Waals surface area contributed by atoms with Crippen molar-refractivity contribution in [2.45, 2.75) is 5.60 Å². The van der Waals surface area contributed by atoms with Crippen LogP contribution in [0.1, 0.15) is 16.7 Å². The maximum atomic E-state index is 9.70. The van der Waals surface area contributed by atoms with Crippen LogP contribution in [0.25, 0.3) is 5.57 Å². The van der Waals surface area contributed by atoms with Gasteiger partial charge in [-0.2, -0.15) is 0 Å². The first-order valence-corrected chi connectivity index (χ1v) is 8.04. The van der Waals surface area contributed by atoms with Crippen LogP contribution in [0.2, 0.25) is 0 Å². The summed E-state index contributed by atoms with van der Waals surface area (Å²) in [5, 5.41) is 19.4. The molecule has 6 heteroatoms. The Morgan fingerprint density at radius 1 is 0.704 bits per heavy atom. The molecule has 0 amide bonds. The van der Waals surface area contributed by atoms with Gasteiger partial charge in [0, 0.05) is 0 Å². The molecule has 0 spiro atoms. The predicted octanol–water partition coefficient (Wildman–Crippen LogP) is 3.95. The highest BCUT2D eigenvalue weighted by Crippen LogP contribution is 2.44. The molecule has 0 atom stereocenters. The highest BCUT2D eigenvalue weighted by Gasteiger charge is 2.42. The average Bonchev–Trinajstić information content (AvgIpc) is 2.67. The Bertz CT molecular complexity index is 788. The lowest BCUT2D eigenvalue weighted by Crippen LogP contribution is -2.39. The number of benzene rings is 3. The molecule has 0 fully saturated rings. The van der Waals surface area contributed by atoms with Gasteiger partial charge in [-0.15, -0.1) is 0 Å². The lowest BCUT2D eigenvalue weighted by atomic mass is 9.76. The second kappa shape index (κ2) is 9.82. The predicted molar refractivity (Wildman–Crippen MR) is 110 cm³/mol. The van der Waals surface area contributed by atoms with E-state index in [4.69, 9.17) is 4.65 Å². The fourth-order valence-electron chi connectivity index (χ4n) is 3.07. The van der Waals surface area contributed by atoms with Gasteiger partial charge in [-0.1, -0.05) is 97.6 Å². The molecule has 0 aromatic heterocycles. The molecule has 0 heterocycles. The molecule has 140 valence electrons. The fraction of sp³-hybridized carbons (Fsp3) is 0.0476. The van der Waals surface area contributed by atoms with Gasteiger partial charge >= 0.3 is 7.32 Å². The van der Waals surface area contributed by atoms with Crippen LogP contribution < -0.4 is 12.3 Å². The quantitative estimate of drug-likeness (QED) is 0.494. The zero-order chi connectivity index (χ0) is 17.7. The van der Waals surface area contributed by atoms with Crippen LogP contribution in [0.15, 0.2) is 97.6 Å². The summed E-state index contributed by atoms with van der Waals surface area (Å²) < 4.78 is 5.74. The van der Waals surface area contributed by atoms with Crippen molar-refractivity contribution in [1.29, 1.82) is 0 Å². The lowest BCUT2D eigenvalue weighted by molar-refractivity contribution is 0.0953. The van der Waals surface area contributed by atoms with Crippen LogP contribution in [-0.2, 0) is 10.3 Å². The van der Waals surface area contributed by atoms with Gasteiger partial charge in [-0.05, 0) is 22.3 Å². The number of hydrogen-bond acceptors (Lipinski definition) is 5. The van der Waals surface area contributed by atoms with Gasteiger partial charge in [-0.3, -0.25) is 0 Å². The zero-order valence-corrected chi connectivity index (χ0v) is 15.2. The molecule has 0 radical (unpaired) electrons. The van der Waals surface area contributed by atoms with Gasteiger partial charge in [-0.25, -0.2) is 0 Å². The topological polar surface area (TPSA) is 120 Å². The first-order valence-electron chi connectivity index (χ1n) is 8.04. The highest BCUT2D eigenvalue weighted by atomic mass is 16.6. The molecular weight excluding hydrogens is 339 g/mol. The molecule has 0 aliphatic carbocycles. The van der Waals surface area contributed by atoms with Crippen molar-refractivity contribution in [3.05, 3.63) is 114 Å². The van der Waals surface area contributed by atoms with Gasteiger partial charge < -0.3 is 27.0 Å². The highest BCUT2D eigenvalue weighted by molar-refractivity contribution is 6.33. The summed E-state index contributed by atoms with van der Waals surface area (Å²) in [5.41, 5.74) is 1.79. The summed E-state index contributed by atoms with van der Waals surface area (Å²) in [5.74, 6) is 0. The number of rotatable bonds is 6. The van der Waals surface area contributed by atoms with Crippen molar-refractivity contribution in [3.8, 4) is 0 Å². The summed E-state index contributed by atoms with van der Waals surface area (Å²) in [7, 11) is -1.96. The monoisotopic (exact) mass is 364 g/mol. The first kappa shape index (κ1) is 22.3. The van der Waals surface area contributed by atoms with E-state index in [9.17, 15) is 10.0 Å². The van der Waals surface area contributed by atoms with Crippen molar-refractivity contribution < 1.29 is 14.7 Å². The third kappa shape index (κ3) is 4.52. The Morgan fingerprint density at radius 3 is 1.44 bits per heavy atom. The van der Waals surface area contributed by atoms with Gasteiger partial charge in [0.25, 0.3) is 0 Å². The minimum atomic E-state index is -1.96. The van der Waals surface area contributed by atoms with E-state index in [2.05, 4.69) is 6.58 Å². The fourth-order valence-corrected chi connectivity index (χ4v) is 3.07. The minimum Gasteiger partial charge on any atom is -0.402 e. The van der Waals surface area contributed by atoms with E-state index in [1.54, 1.807) is 0 Å². The van der Waals surface area contributed by atoms with Crippen LogP contribution in [0.5, 0.6) is 0 Å². The van der Waals surface area contributed by atoms with E-state index in [0.717, 1.165) is 16.7 Å². The van der Waals surface area contributed by atoms with E-state index in [1.165, 1.54) is 0 Å². The maximum Gasteiger partial charge on any atom is 0.635 e. The van der Waals surface area contributed by atoms with E-state index in [-0.39, 0.29) is 12.3 Å². The largest absolute Gasteiger partial charge is 0.635 e. The zero-order valence-electron chi connectivity index (χ0n) is 15.2. The van der Waals surface area contributed by atoms with Crippen molar-refractivity contribution in [2.24, 2.45) is 0 Å². The van der Waals surface area contributed by atoms with Crippen LogP contribution in [-0.4, -0.2) is 17.4 Å². The third-order valence-corrected chi connectivity index (χ3v) is 4.19. The molecular formula is C21H25BN2O3. The third-order valence-electron chi connectivity index (χ3n) is 4.19. The Balaban J connectivity index is 0.00000182. The molecule has 0 unspecified atom stereocenters. The molecule has 27 heavy (non-hydrogen) atoms. The van der Waals surface area contributed by atoms with Gasteiger partial charge in [0.15, 0.2) is 0 Å². The molecule has 3 aromatic carbocycles. The molecule has 0 saturated carbocycles. The molecule has 0 saturated heterocycles. The molecule has 3 aromatic rings. The average molecular weight is 364 g/mol. The first-order chi connectivity index (χ1) is 12.1. The van der Waals surface area contributed by atoms with Crippen LogP contribution >= 0.6 is 0 Å². The minimum absolute atomic E-state index is 0. The van der Waals surface area contributed by atoms with Gasteiger partial charge in [0.2, 0.25) is 0 Å². The molecule has 0 aliphatic rings. The van der Waals surface area contributed by atoms with Crippen molar-refractivity contribution in [2.75, 3.05) is 0 Å². The Hall–Kier alpha value is -2.74. The number of hydrogen-bond donors (Lipinski definition) is 4. The second-order valence-corrected chi connectivity index (χ2v) is 5.70. The van der Waals surface area contributed by atoms with E-state index in [0.29, 0.717) is 5.57 Å². The van der Waals surface area contributed by atoms with E-state index < -0.39 is 12.9 Å². The van der Waals surface area contributed by atoms with Crippen LogP contribution in [0.4, 0.5) is 0 Å².